The summed E-state index contributed by atoms with van der Waals surface area (Å²) in [4.78, 5) is 16.4. The molecule has 0 aromatic carbocycles. The van der Waals surface area contributed by atoms with Crippen molar-refractivity contribution in [2.24, 2.45) is 11.8 Å². The van der Waals surface area contributed by atoms with Crippen LogP contribution in [0.1, 0.15) is 57.5 Å². The molecule has 2 fully saturated rings. The molecule has 1 saturated carbocycles. The topological polar surface area (TPSA) is 32.3 Å². The molecule has 3 nitrogen and oxygen atoms in total. The molecule has 1 N–H and O–H groups in total. The molecule has 1 aliphatic heterocycles. The summed E-state index contributed by atoms with van der Waals surface area (Å²) in [5.74, 6) is 1.46. The number of carbonyl (C=O) groups excluding carboxylic acids is 1. The fraction of sp³-hybridized carbons (Fsp3) is 0.706. The van der Waals surface area contributed by atoms with Gasteiger partial charge in [0.2, 0.25) is 5.91 Å². The quantitative estimate of drug-likeness (QED) is 0.918. The number of rotatable bonds is 4. The van der Waals surface area contributed by atoms with Crippen molar-refractivity contribution < 1.29 is 4.79 Å². The van der Waals surface area contributed by atoms with E-state index in [1.807, 2.05) is 0 Å². The lowest BCUT2D eigenvalue weighted by Crippen LogP contribution is -2.39. The number of nitrogens with zero attached hydrogens (tertiary/aromatic N) is 1. The van der Waals surface area contributed by atoms with Gasteiger partial charge in [0.25, 0.3) is 0 Å². The Morgan fingerprint density at radius 2 is 2.29 bits per heavy atom. The highest BCUT2D eigenvalue weighted by Gasteiger charge is 2.46. The molecular weight excluding hydrogens is 280 g/mol. The predicted octanol–water partition coefficient (Wildman–Crippen LogP) is 3.78. The first-order chi connectivity index (χ1) is 10.1. The first-order valence-electron chi connectivity index (χ1n) is 8.23. The fourth-order valence-corrected chi connectivity index (χ4v) is 4.52. The second kappa shape index (κ2) is 6.09. The highest BCUT2D eigenvalue weighted by molar-refractivity contribution is 7.10. The molecular formula is C17H26N2OS. The fourth-order valence-electron chi connectivity index (χ4n) is 3.74. The summed E-state index contributed by atoms with van der Waals surface area (Å²) in [6, 6.07) is 4.64. The number of carbonyl (C=O) groups is 1. The summed E-state index contributed by atoms with van der Waals surface area (Å²) in [5.41, 5.74) is 0. The van der Waals surface area contributed by atoms with Crippen LogP contribution in [-0.2, 0) is 4.79 Å². The number of nitrogens with one attached hydrogen (secondary N) is 1. The molecule has 4 heteroatoms. The van der Waals surface area contributed by atoms with Crippen molar-refractivity contribution in [3.63, 3.8) is 0 Å². The normalized spacial score (nSPS) is 34.6. The second-order valence-corrected chi connectivity index (χ2v) is 7.74. The predicted molar refractivity (Wildman–Crippen MR) is 87.1 cm³/mol. The van der Waals surface area contributed by atoms with E-state index in [2.05, 4.69) is 48.5 Å². The van der Waals surface area contributed by atoms with Crippen LogP contribution < -0.4 is 5.32 Å². The second-order valence-electron chi connectivity index (χ2n) is 6.77. The minimum atomic E-state index is -0.0157. The molecule has 0 bridgehead atoms. The van der Waals surface area contributed by atoms with Gasteiger partial charge in [-0.05, 0) is 42.5 Å². The van der Waals surface area contributed by atoms with Gasteiger partial charge < -0.3 is 4.90 Å². The molecule has 0 radical (unpaired) electrons. The lowest BCUT2D eigenvalue weighted by atomic mass is 9.99. The van der Waals surface area contributed by atoms with Gasteiger partial charge in [0.05, 0.1) is 6.04 Å². The first-order valence-corrected chi connectivity index (χ1v) is 9.11. The number of thiophene rings is 1. The van der Waals surface area contributed by atoms with Gasteiger partial charge in [-0.1, -0.05) is 33.3 Å². The van der Waals surface area contributed by atoms with Gasteiger partial charge in [-0.25, -0.2) is 0 Å². The Morgan fingerprint density at radius 3 is 2.86 bits per heavy atom. The maximum Gasteiger partial charge on any atom is 0.241 e. The van der Waals surface area contributed by atoms with Gasteiger partial charge >= 0.3 is 0 Å². The summed E-state index contributed by atoms with van der Waals surface area (Å²) < 4.78 is 0. The minimum Gasteiger partial charge on any atom is -0.318 e. The third kappa shape index (κ3) is 2.76. The van der Waals surface area contributed by atoms with Gasteiger partial charge in [0.1, 0.15) is 6.17 Å². The van der Waals surface area contributed by atoms with Crippen molar-refractivity contribution >= 4 is 17.2 Å². The monoisotopic (exact) mass is 306 g/mol. The minimum absolute atomic E-state index is 0.0157. The standard InChI is InChI=1S/C17H26N2OS/c1-4-12(3)15-17(20)19(13-8-7-11(2)10-13)16(18-15)14-6-5-9-21-14/h5-6,9,11-13,15-16,18H,4,7-8,10H2,1-3H3. The Kier molecular flexibility index (Phi) is 4.36. The third-order valence-electron chi connectivity index (χ3n) is 5.22. The van der Waals surface area contributed by atoms with E-state index in [9.17, 15) is 4.79 Å². The summed E-state index contributed by atoms with van der Waals surface area (Å²) in [7, 11) is 0. The molecule has 1 aliphatic carbocycles. The SMILES string of the molecule is CCC(C)C1NC(c2cccs2)N(C2CCC(C)C2)C1=O. The van der Waals surface area contributed by atoms with Crippen molar-refractivity contribution in [2.45, 2.75) is 64.7 Å². The van der Waals surface area contributed by atoms with Crippen LogP contribution in [0.5, 0.6) is 0 Å². The van der Waals surface area contributed by atoms with Crippen molar-refractivity contribution in [3.8, 4) is 0 Å². The first kappa shape index (κ1) is 15.0. The summed E-state index contributed by atoms with van der Waals surface area (Å²) in [6.07, 6.45) is 4.69. The third-order valence-corrected chi connectivity index (χ3v) is 6.15. The van der Waals surface area contributed by atoms with Gasteiger partial charge in [0.15, 0.2) is 0 Å². The van der Waals surface area contributed by atoms with E-state index in [-0.39, 0.29) is 12.2 Å². The zero-order chi connectivity index (χ0) is 15.0. The average molecular weight is 306 g/mol. The maximum absolute atomic E-state index is 13.0. The molecule has 0 spiro atoms. The largest absolute Gasteiger partial charge is 0.318 e. The lowest BCUT2D eigenvalue weighted by molar-refractivity contribution is -0.133. The van der Waals surface area contributed by atoms with Crippen LogP contribution in [0, 0.1) is 11.8 Å². The smallest absolute Gasteiger partial charge is 0.241 e. The van der Waals surface area contributed by atoms with Gasteiger partial charge in [-0.2, -0.15) is 0 Å². The highest BCUT2D eigenvalue weighted by Crippen LogP contribution is 2.39. The van der Waals surface area contributed by atoms with Crippen molar-refractivity contribution in [3.05, 3.63) is 22.4 Å². The van der Waals surface area contributed by atoms with E-state index in [1.165, 1.54) is 11.3 Å². The Labute approximate surface area is 131 Å². The molecule has 116 valence electrons. The van der Waals surface area contributed by atoms with Crippen LogP contribution in [0.2, 0.25) is 0 Å². The van der Waals surface area contributed by atoms with Crippen LogP contribution in [0.4, 0.5) is 0 Å². The summed E-state index contributed by atoms with van der Waals surface area (Å²) in [5, 5.41) is 5.73. The van der Waals surface area contributed by atoms with Crippen molar-refractivity contribution in [1.82, 2.24) is 10.2 Å². The molecule has 5 unspecified atom stereocenters. The van der Waals surface area contributed by atoms with E-state index in [4.69, 9.17) is 0 Å². The summed E-state index contributed by atoms with van der Waals surface area (Å²) >= 11 is 1.75. The molecule has 1 saturated heterocycles. The van der Waals surface area contributed by atoms with E-state index in [1.54, 1.807) is 11.3 Å². The molecule has 1 amide bonds. The van der Waals surface area contributed by atoms with Crippen molar-refractivity contribution in [2.75, 3.05) is 0 Å². The molecule has 2 aliphatic rings. The van der Waals surface area contributed by atoms with Gasteiger partial charge in [-0.15, -0.1) is 11.3 Å². The molecule has 1 aromatic rings. The maximum atomic E-state index is 13.0. The Morgan fingerprint density at radius 1 is 1.48 bits per heavy atom. The average Bonchev–Trinajstić information content (AvgIpc) is 3.17. The molecule has 21 heavy (non-hydrogen) atoms. The van der Waals surface area contributed by atoms with Crippen molar-refractivity contribution in [1.29, 1.82) is 0 Å². The molecule has 3 rings (SSSR count). The number of amides is 1. The lowest BCUT2D eigenvalue weighted by Gasteiger charge is -2.29. The Hall–Kier alpha value is -0.870. The zero-order valence-corrected chi connectivity index (χ0v) is 14.0. The van der Waals surface area contributed by atoms with Crippen LogP contribution in [0.15, 0.2) is 17.5 Å². The Bertz CT molecular complexity index is 487. The summed E-state index contributed by atoms with van der Waals surface area (Å²) in [6.45, 7) is 6.65. The van der Waals surface area contributed by atoms with Crippen LogP contribution in [0.3, 0.4) is 0 Å². The van der Waals surface area contributed by atoms with Crippen LogP contribution in [-0.4, -0.2) is 22.9 Å². The van der Waals surface area contributed by atoms with Crippen LogP contribution in [0.25, 0.3) is 0 Å². The molecule has 5 atom stereocenters. The zero-order valence-electron chi connectivity index (χ0n) is 13.2. The van der Waals surface area contributed by atoms with E-state index in [0.29, 0.717) is 17.9 Å². The van der Waals surface area contributed by atoms with E-state index >= 15 is 0 Å². The van der Waals surface area contributed by atoms with Gasteiger partial charge in [0, 0.05) is 10.9 Å². The van der Waals surface area contributed by atoms with Gasteiger partial charge in [-0.3, -0.25) is 10.1 Å². The van der Waals surface area contributed by atoms with E-state index < -0.39 is 0 Å². The molecule has 2 heterocycles. The molecule has 1 aromatic heterocycles. The number of hydrogen-bond donors (Lipinski definition) is 1. The van der Waals surface area contributed by atoms with Crippen LogP contribution >= 0.6 is 11.3 Å². The Balaban J connectivity index is 1.87. The number of hydrogen-bond acceptors (Lipinski definition) is 3. The van der Waals surface area contributed by atoms with E-state index in [0.717, 1.165) is 25.2 Å². The highest BCUT2D eigenvalue weighted by atomic mass is 32.1.